The van der Waals surface area contributed by atoms with E-state index < -0.39 is 6.10 Å². The summed E-state index contributed by atoms with van der Waals surface area (Å²) in [5.74, 6) is 0.938. The van der Waals surface area contributed by atoms with Crippen LogP contribution in [0.3, 0.4) is 0 Å². The first-order chi connectivity index (χ1) is 8.77. The van der Waals surface area contributed by atoms with Gasteiger partial charge in [-0.1, -0.05) is 6.07 Å². The Hall–Kier alpha value is -1.13. The standard InChI is InChI=1S/C14H20N2O2/c1-10(17)11-4-3-7-15-14(11)16-8-9-18-13-6-2-5-12(13)16/h3-4,7,10,12-13,17H,2,5-6,8-9H2,1H3/t10-,12?,13?/m1/s1. The number of ether oxygens (including phenoxy) is 1. The van der Waals surface area contributed by atoms with Gasteiger partial charge in [-0.05, 0) is 32.3 Å². The maximum absolute atomic E-state index is 9.88. The fraction of sp³-hybridized carbons (Fsp3) is 0.643. The SMILES string of the molecule is C[C@@H](O)c1cccnc1N1CCOC2CCCC21. The van der Waals surface area contributed by atoms with Crippen LogP contribution >= 0.6 is 0 Å². The van der Waals surface area contributed by atoms with Crippen molar-refractivity contribution in [2.45, 2.75) is 44.4 Å². The van der Waals surface area contributed by atoms with Crippen LogP contribution in [0.15, 0.2) is 18.3 Å². The lowest BCUT2D eigenvalue weighted by molar-refractivity contribution is 0.0250. The third kappa shape index (κ3) is 1.99. The Morgan fingerprint density at radius 1 is 1.50 bits per heavy atom. The van der Waals surface area contributed by atoms with Crippen molar-refractivity contribution in [1.29, 1.82) is 0 Å². The number of hydrogen-bond acceptors (Lipinski definition) is 4. The van der Waals surface area contributed by atoms with Gasteiger partial charge in [0.15, 0.2) is 0 Å². The molecule has 0 aromatic carbocycles. The average Bonchev–Trinajstić information content (AvgIpc) is 2.86. The highest BCUT2D eigenvalue weighted by Gasteiger charge is 2.37. The number of fused-ring (bicyclic) bond motifs is 1. The van der Waals surface area contributed by atoms with E-state index in [1.165, 1.54) is 12.8 Å². The minimum atomic E-state index is -0.476. The third-order valence-electron chi connectivity index (χ3n) is 4.02. The van der Waals surface area contributed by atoms with Crippen LogP contribution in [-0.4, -0.2) is 35.4 Å². The molecule has 4 nitrogen and oxygen atoms in total. The maximum Gasteiger partial charge on any atom is 0.134 e. The molecule has 98 valence electrons. The van der Waals surface area contributed by atoms with Gasteiger partial charge in [0, 0.05) is 18.3 Å². The Morgan fingerprint density at radius 3 is 3.22 bits per heavy atom. The van der Waals surface area contributed by atoms with Crippen molar-refractivity contribution < 1.29 is 9.84 Å². The second-order valence-corrected chi connectivity index (χ2v) is 5.19. The summed E-state index contributed by atoms with van der Waals surface area (Å²) in [7, 11) is 0. The molecule has 3 rings (SSSR count). The van der Waals surface area contributed by atoms with Crippen molar-refractivity contribution in [2.75, 3.05) is 18.1 Å². The van der Waals surface area contributed by atoms with Crippen LogP contribution in [0.2, 0.25) is 0 Å². The molecule has 1 aliphatic carbocycles. The third-order valence-corrected chi connectivity index (χ3v) is 4.02. The quantitative estimate of drug-likeness (QED) is 0.868. The van der Waals surface area contributed by atoms with Gasteiger partial charge in [-0.15, -0.1) is 0 Å². The molecule has 2 aliphatic rings. The molecule has 0 spiro atoms. The van der Waals surface area contributed by atoms with Crippen LogP contribution < -0.4 is 4.90 Å². The van der Waals surface area contributed by atoms with Crippen LogP contribution in [0, 0.1) is 0 Å². The molecule has 0 bridgehead atoms. The van der Waals surface area contributed by atoms with Crippen LogP contribution in [0.1, 0.15) is 37.9 Å². The summed E-state index contributed by atoms with van der Waals surface area (Å²) in [6.45, 7) is 3.43. The first-order valence-electron chi connectivity index (χ1n) is 6.78. The van der Waals surface area contributed by atoms with Gasteiger partial charge in [0.05, 0.1) is 24.9 Å². The Kier molecular flexibility index (Phi) is 3.22. The zero-order chi connectivity index (χ0) is 12.5. The number of pyridine rings is 1. The molecule has 1 N–H and O–H groups in total. The molecule has 3 atom stereocenters. The highest BCUT2D eigenvalue weighted by molar-refractivity contribution is 5.49. The smallest absolute Gasteiger partial charge is 0.134 e. The molecular formula is C14H20N2O2. The van der Waals surface area contributed by atoms with E-state index in [0.717, 1.165) is 31.0 Å². The molecule has 0 amide bonds. The summed E-state index contributed by atoms with van der Waals surface area (Å²) >= 11 is 0. The number of aliphatic hydroxyl groups excluding tert-OH is 1. The first-order valence-corrected chi connectivity index (χ1v) is 6.78. The lowest BCUT2D eigenvalue weighted by Crippen LogP contribution is -2.49. The molecule has 1 aromatic rings. The number of hydrogen-bond donors (Lipinski definition) is 1. The monoisotopic (exact) mass is 248 g/mol. The maximum atomic E-state index is 9.88. The van der Waals surface area contributed by atoms with E-state index in [2.05, 4.69) is 9.88 Å². The first kappa shape index (κ1) is 11.9. The Labute approximate surface area is 108 Å². The highest BCUT2D eigenvalue weighted by Crippen LogP contribution is 2.34. The molecule has 1 aliphatic heterocycles. The van der Waals surface area contributed by atoms with E-state index >= 15 is 0 Å². The van der Waals surface area contributed by atoms with Gasteiger partial charge >= 0.3 is 0 Å². The van der Waals surface area contributed by atoms with Gasteiger partial charge in [0.2, 0.25) is 0 Å². The zero-order valence-corrected chi connectivity index (χ0v) is 10.7. The predicted octanol–water partition coefficient (Wildman–Crippen LogP) is 1.89. The number of aliphatic hydroxyl groups is 1. The van der Waals surface area contributed by atoms with Crippen molar-refractivity contribution >= 4 is 5.82 Å². The minimum absolute atomic E-state index is 0.350. The second-order valence-electron chi connectivity index (χ2n) is 5.19. The molecule has 1 saturated carbocycles. The van der Waals surface area contributed by atoms with Crippen molar-refractivity contribution in [3.8, 4) is 0 Å². The second kappa shape index (κ2) is 4.86. The zero-order valence-electron chi connectivity index (χ0n) is 10.7. The average molecular weight is 248 g/mol. The largest absolute Gasteiger partial charge is 0.389 e. The number of rotatable bonds is 2. The van der Waals surface area contributed by atoms with E-state index in [0.29, 0.717) is 12.1 Å². The lowest BCUT2D eigenvalue weighted by Gasteiger charge is -2.39. The van der Waals surface area contributed by atoms with Crippen LogP contribution in [-0.2, 0) is 4.74 Å². The Bertz CT molecular complexity index is 422. The van der Waals surface area contributed by atoms with Gasteiger partial charge < -0.3 is 14.7 Å². The number of anilines is 1. The van der Waals surface area contributed by atoms with Gasteiger partial charge in [-0.3, -0.25) is 0 Å². The van der Waals surface area contributed by atoms with Gasteiger partial charge in [-0.25, -0.2) is 4.98 Å². The number of nitrogens with zero attached hydrogens (tertiary/aromatic N) is 2. The summed E-state index contributed by atoms with van der Waals surface area (Å²) in [5.41, 5.74) is 0.921. The summed E-state index contributed by atoms with van der Waals surface area (Å²) in [6, 6.07) is 4.29. The summed E-state index contributed by atoms with van der Waals surface area (Å²) in [5, 5.41) is 9.88. The number of morpholine rings is 1. The van der Waals surface area contributed by atoms with Crippen LogP contribution in [0.5, 0.6) is 0 Å². The molecule has 4 heteroatoms. The van der Waals surface area contributed by atoms with E-state index in [-0.39, 0.29) is 0 Å². The normalized spacial score (nSPS) is 29.1. The summed E-state index contributed by atoms with van der Waals surface area (Å²) < 4.78 is 5.82. The van der Waals surface area contributed by atoms with Crippen molar-refractivity contribution in [1.82, 2.24) is 4.98 Å². The van der Waals surface area contributed by atoms with Crippen LogP contribution in [0.4, 0.5) is 5.82 Å². The summed E-state index contributed by atoms with van der Waals surface area (Å²) in [4.78, 5) is 6.83. The van der Waals surface area contributed by atoms with Crippen molar-refractivity contribution in [3.63, 3.8) is 0 Å². The van der Waals surface area contributed by atoms with Gasteiger partial charge in [0.25, 0.3) is 0 Å². The molecule has 2 unspecified atom stereocenters. The molecule has 1 aromatic heterocycles. The van der Waals surface area contributed by atoms with Crippen molar-refractivity contribution in [2.24, 2.45) is 0 Å². The summed E-state index contributed by atoms with van der Waals surface area (Å²) in [6.07, 6.45) is 5.22. The van der Waals surface area contributed by atoms with Crippen LogP contribution in [0.25, 0.3) is 0 Å². The molecule has 1 saturated heterocycles. The fourth-order valence-electron chi connectivity index (χ4n) is 3.16. The molecule has 2 heterocycles. The van der Waals surface area contributed by atoms with Gasteiger partial charge in [-0.2, -0.15) is 0 Å². The lowest BCUT2D eigenvalue weighted by atomic mass is 10.1. The molecule has 0 radical (unpaired) electrons. The van der Waals surface area contributed by atoms with Gasteiger partial charge in [0.1, 0.15) is 5.82 Å². The number of aromatic nitrogens is 1. The van der Waals surface area contributed by atoms with E-state index in [1.54, 1.807) is 13.1 Å². The minimum Gasteiger partial charge on any atom is -0.389 e. The van der Waals surface area contributed by atoms with E-state index in [1.807, 2.05) is 12.1 Å². The molecule has 18 heavy (non-hydrogen) atoms. The Morgan fingerprint density at radius 2 is 2.39 bits per heavy atom. The van der Waals surface area contributed by atoms with E-state index in [4.69, 9.17) is 4.74 Å². The fourth-order valence-corrected chi connectivity index (χ4v) is 3.16. The molecular weight excluding hydrogens is 228 g/mol. The van der Waals surface area contributed by atoms with E-state index in [9.17, 15) is 5.11 Å². The molecule has 2 fully saturated rings. The Balaban J connectivity index is 1.93. The predicted molar refractivity (Wildman–Crippen MR) is 69.6 cm³/mol. The van der Waals surface area contributed by atoms with Crippen molar-refractivity contribution in [3.05, 3.63) is 23.9 Å². The topological polar surface area (TPSA) is 45.6 Å². The highest BCUT2D eigenvalue weighted by atomic mass is 16.5.